The van der Waals surface area contributed by atoms with Gasteiger partial charge in [0, 0.05) is 43.1 Å². The molecule has 148 valence electrons. The summed E-state index contributed by atoms with van der Waals surface area (Å²) >= 11 is 0. The molecule has 1 aliphatic rings. The van der Waals surface area contributed by atoms with E-state index in [4.69, 9.17) is 4.74 Å². The van der Waals surface area contributed by atoms with Crippen LogP contribution < -0.4 is 10.2 Å². The van der Waals surface area contributed by atoms with Crippen LogP contribution in [0, 0.1) is 0 Å². The zero-order valence-corrected chi connectivity index (χ0v) is 16.6. The quantitative estimate of drug-likeness (QED) is 0.873. The fourth-order valence-electron chi connectivity index (χ4n) is 3.02. The normalized spacial score (nSPS) is 14.5. The molecular weight excluding hydrogens is 354 g/mol. The zero-order chi connectivity index (χ0) is 20.1. The van der Waals surface area contributed by atoms with Crippen LogP contribution in [0.4, 0.5) is 16.2 Å². The first-order valence-electron chi connectivity index (χ1n) is 9.51. The highest BCUT2D eigenvalue weighted by atomic mass is 16.6. The summed E-state index contributed by atoms with van der Waals surface area (Å²) in [4.78, 5) is 28.5. The standard InChI is InChI=1S/C22H27N3O3/c1-22(2,3)28-21(27)25-15-13-24(14-16-25)19-11-9-17(10-12-19)20(26)23-18-7-5-4-6-8-18/h4-12H,13-16H2,1-3H3,(H,23,26). The molecule has 6 heteroatoms. The van der Waals surface area contributed by atoms with Gasteiger partial charge in [0.05, 0.1) is 0 Å². The van der Waals surface area contributed by atoms with Crippen LogP contribution in [0.5, 0.6) is 0 Å². The molecule has 1 saturated heterocycles. The molecular formula is C22H27N3O3. The van der Waals surface area contributed by atoms with Crippen LogP contribution in [0.1, 0.15) is 31.1 Å². The number of rotatable bonds is 3. The summed E-state index contributed by atoms with van der Waals surface area (Å²) in [5.74, 6) is -0.132. The van der Waals surface area contributed by atoms with Crippen LogP contribution in [0.15, 0.2) is 54.6 Å². The Labute approximate surface area is 166 Å². The number of nitrogens with zero attached hydrogens (tertiary/aromatic N) is 2. The molecule has 0 bridgehead atoms. The molecule has 3 rings (SSSR count). The molecule has 2 aromatic rings. The molecule has 0 atom stereocenters. The first-order chi connectivity index (χ1) is 13.3. The largest absolute Gasteiger partial charge is 0.444 e. The molecule has 0 aliphatic carbocycles. The highest BCUT2D eigenvalue weighted by molar-refractivity contribution is 6.04. The van der Waals surface area contributed by atoms with Gasteiger partial charge in [-0.2, -0.15) is 0 Å². The SMILES string of the molecule is CC(C)(C)OC(=O)N1CCN(c2ccc(C(=O)Nc3ccccc3)cc2)CC1. The second kappa shape index (κ2) is 8.33. The van der Waals surface area contributed by atoms with Crippen molar-refractivity contribution < 1.29 is 14.3 Å². The van der Waals surface area contributed by atoms with Gasteiger partial charge in [0.25, 0.3) is 5.91 Å². The zero-order valence-electron chi connectivity index (χ0n) is 16.6. The first kappa shape index (κ1) is 19.7. The average Bonchev–Trinajstić information content (AvgIpc) is 2.68. The minimum atomic E-state index is -0.482. The summed E-state index contributed by atoms with van der Waals surface area (Å²) in [6.45, 7) is 8.31. The highest BCUT2D eigenvalue weighted by Crippen LogP contribution is 2.19. The predicted octanol–water partition coefficient (Wildman–Crippen LogP) is 4.00. The van der Waals surface area contributed by atoms with Crippen molar-refractivity contribution in [2.45, 2.75) is 26.4 Å². The third-order valence-corrected chi connectivity index (χ3v) is 4.46. The van der Waals surface area contributed by atoms with Crippen molar-refractivity contribution >= 4 is 23.4 Å². The maximum Gasteiger partial charge on any atom is 0.410 e. The van der Waals surface area contributed by atoms with Crippen LogP contribution >= 0.6 is 0 Å². The first-order valence-corrected chi connectivity index (χ1v) is 9.51. The number of hydrogen-bond acceptors (Lipinski definition) is 4. The van der Waals surface area contributed by atoms with E-state index < -0.39 is 5.60 Å². The Morgan fingerprint density at radius 3 is 2.07 bits per heavy atom. The van der Waals surface area contributed by atoms with Crippen LogP contribution in [-0.2, 0) is 4.74 Å². The van der Waals surface area contributed by atoms with Crippen molar-refractivity contribution in [1.29, 1.82) is 0 Å². The Kier molecular flexibility index (Phi) is 5.87. The number of nitrogens with one attached hydrogen (secondary N) is 1. The molecule has 6 nitrogen and oxygen atoms in total. The number of benzene rings is 2. The van der Waals surface area contributed by atoms with Crippen LogP contribution in [0.25, 0.3) is 0 Å². The lowest BCUT2D eigenvalue weighted by atomic mass is 10.1. The van der Waals surface area contributed by atoms with Crippen LogP contribution in [-0.4, -0.2) is 48.7 Å². The molecule has 1 fully saturated rings. The van der Waals surface area contributed by atoms with Gasteiger partial charge >= 0.3 is 6.09 Å². The third-order valence-electron chi connectivity index (χ3n) is 4.46. The lowest BCUT2D eigenvalue weighted by Gasteiger charge is -2.36. The van der Waals surface area contributed by atoms with Crippen molar-refractivity contribution in [2.75, 3.05) is 36.4 Å². The minimum Gasteiger partial charge on any atom is -0.444 e. The number of carbonyl (C=O) groups excluding carboxylic acids is 2. The van der Waals surface area contributed by atoms with Gasteiger partial charge in [-0.1, -0.05) is 18.2 Å². The Hall–Kier alpha value is -3.02. The molecule has 1 N–H and O–H groups in total. The fraction of sp³-hybridized carbons (Fsp3) is 0.364. The summed E-state index contributed by atoms with van der Waals surface area (Å²) < 4.78 is 5.43. The van der Waals surface area contributed by atoms with Gasteiger partial charge in [-0.15, -0.1) is 0 Å². The molecule has 0 radical (unpaired) electrons. The second-order valence-electron chi connectivity index (χ2n) is 7.82. The van der Waals surface area contributed by atoms with Gasteiger partial charge in [-0.05, 0) is 57.2 Å². The van der Waals surface area contributed by atoms with E-state index in [1.165, 1.54) is 0 Å². The van der Waals surface area contributed by atoms with E-state index in [1.54, 1.807) is 4.90 Å². The summed E-state index contributed by atoms with van der Waals surface area (Å²) in [6, 6.07) is 16.9. The smallest absolute Gasteiger partial charge is 0.410 e. The Balaban J connectivity index is 1.55. The number of anilines is 2. The summed E-state index contributed by atoms with van der Waals surface area (Å²) in [6.07, 6.45) is -0.264. The molecule has 1 aliphatic heterocycles. The van der Waals surface area contributed by atoms with Crippen LogP contribution in [0.3, 0.4) is 0 Å². The summed E-state index contributed by atoms with van der Waals surface area (Å²) in [5, 5.41) is 2.88. The van der Waals surface area contributed by atoms with Gasteiger partial charge in [-0.3, -0.25) is 4.79 Å². The lowest BCUT2D eigenvalue weighted by molar-refractivity contribution is 0.0240. The number of ether oxygens (including phenoxy) is 1. The maximum atomic E-state index is 12.4. The van der Waals surface area contributed by atoms with Gasteiger partial charge in [0.15, 0.2) is 0 Å². The number of para-hydroxylation sites is 1. The molecule has 0 unspecified atom stereocenters. The molecule has 0 aromatic heterocycles. The number of piperazine rings is 1. The Morgan fingerprint density at radius 1 is 0.893 bits per heavy atom. The number of carbonyl (C=O) groups is 2. The van der Waals surface area contributed by atoms with Crippen molar-refractivity contribution in [2.24, 2.45) is 0 Å². The van der Waals surface area contributed by atoms with Crippen LogP contribution in [0.2, 0.25) is 0 Å². The topological polar surface area (TPSA) is 61.9 Å². The second-order valence-corrected chi connectivity index (χ2v) is 7.82. The predicted molar refractivity (Wildman–Crippen MR) is 111 cm³/mol. The monoisotopic (exact) mass is 381 g/mol. The molecule has 0 saturated carbocycles. The minimum absolute atomic E-state index is 0.132. The number of amides is 2. The van der Waals surface area contributed by atoms with Crippen molar-refractivity contribution in [3.05, 3.63) is 60.2 Å². The summed E-state index contributed by atoms with van der Waals surface area (Å²) in [5.41, 5.74) is 1.94. The van der Waals surface area contributed by atoms with E-state index in [2.05, 4.69) is 10.2 Å². The number of hydrogen-bond donors (Lipinski definition) is 1. The summed E-state index contributed by atoms with van der Waals surface area (Å²) in [7, 11) is 0. The van der Waals surface area contributed by atoms with E-state index in [-0.39, 0.29) is 12.0 Å². The third kappa shape index (κ3) is 5.25. The molecule has 2 amide bonds. The van der Waals surface area contributed by atoms with E-state index in [0.717, 1.165) is 24.5 Å². The van der Waals surface area contributed by atoms with E-state index in [1.807, 2.05) is 75.4 Å². The molecule has 0 spiro atoms. The van der Waals surface area contributed by atoms with E-state index >= 15 is 0 Å². The van der Waals surface area contributed by atoms with Crippen molar-refractivity contribution in [3.8, 4) is 0 Å². The Morgan fingerprint density at radius 2 is 1.50 bits per heavy atom. The fourth-order valence-corrected chi connectivity index (χ4v) is 3.02. The van der Waals surface area contributed by atoms with Gasteiger partial charge in [-0.25, -0.2) is 4.79 Å². The van der Waals surface area contributed by atoms with Gasteiger partial charge in [0.2, 0.25) is 0 Å². The Bertz CT molecular complexity index is 805. The molecule has 28 heavy (non-hydrogen) atoms. The van der Waals surface area contributed by atoms with Gasteiger partial charge < -0.3 is 19.9 Å². The maximum absolute atomic E-state index is 12.4. The average molecular weight is 381 g/mol. The van der Waals surface area contributed by atoms with Crippen molar-refractivity contribution in [3.63, 3.8) is 0 Å². The van der Waals surface area contributed by atoms with Gasteiger partial charge in [0.1, 0.15) is 5.60 Å². The molecule has 2 aromatic carbocycles. The van der Waals surface area contributed by atoms with E-state index in [9.17, 15) is 9.59 Å². The van der Waals surface area contributed by atoms with Crippen molar-refractivity contribution in [1.82, 2.24) is 4.90 Å². The lowest BCUT2D eigenvalue weighted by Crippen LogP contribution is -2.50. The molecule has 1 heterocycles. The van der Waals surface area contributed by atoms with E-state index in [0.29, 0.717) is 18.7 Å². The highest BCUT2D eigenvalue weighted by Gasteiger charge is 2.26.